The quantitative estimate of drug-likeness (QED) is 0.626. The molecule has 0 fully saturated rings. The van der Waals surface area contributed by atoms with Gasteiger partial charge < -0.3 is 5.32 Å². The molecular weight excluding hydrogens is 206 g/mol. The van der Waals surface area contributed by atoms with Gasteiger partial charge in [-0.15, -0.1) is 0 Å². The molecule has 16 heavy (non-hydrogen) atoms. The third kappa shape index (κ3) is 2.55. The summed E-state index contributed by atoms with van der Waals surface area (Å²) in [5, 5.41) is 14.0. The third-order valence-corrected chi connectivity index (χ3v) is 2.87. The van der Waals surface area contributed by atoms with Crippen LogP contribution >= 0.6 is 0 Å². The largest absolute Gasteiger partial charge is 0.317 e. The molecule has 0 saturated carbocycles. The Balaban J connectivity index is 3.19. The highest BCUT2D eigenvalue weighted by atomic mass is 16.6. The van der Waals surface area contributed by atoms with Crippen LogP contribution in [0.1, 0.15) is 31.2 Å². The molecule has 2 unspecified atom stereocenters. The monoisotopic (exact) mass is 223 g/mol. The van der Waals surface area contributed by atoms with Crippen molar-refractivity contribution >= 4 is 5.69 Å². The molecule has 0 spiro atoms. The molecule has 1 N–H and O–H groups in total. The van der Waals surface area contributed by atoms with Gasteiger partial charge in [-0.25, -0.2) is 0 Å². The van der Waals surface area contributed by atoms with Crippen molar-refractivity contribution in [1.29, 1.82) is 0 Å². The van der Waals surface area contributed by atoms with Crippen LogP contribution in [0, 0.1) is 17.0 Å². The lowest BCUT2D eigenvalue weighted by atomic mass is 9.97. The second-order valence-electron chi connectivity index (χ2n) is 3.98. The fourth-order valence-electron chi connectivity index (χ4n) is 1.55. The van der Waals surface area contributed by atoms with Gasteiger partial charge in [-0.1, -0.05) is 6.92 Å². The zero-order valence-corrected chi connectivity index (χ0v) is 10.0. The molecule has 88 valence electrons. The Morgan fingerprint density at radius 2 is 2.06 bits per heavy atom. The summed E-state index contributed by atoms with van der Waals surface area (Å²) in [6.45, 7) is 5.76. The fourth-order valence-corrected chi connectivity index (χ4v) is 1.55. The minimum Gasteiger partial charge on any atom is -0.317 e. The molecule has 1 aromatic heterocycles. The molecule has 0 aliphatic heterocycles. The van der Waals surface area contributed by atoms with Gasteiger partial charge in [0.15, 0.2) is 0 Å². The molecule has 1 heterocycles. The normalized spacial score (nSPS) is 14.5. The molecule has 2 atom stereocenters. The van der Waals surface area contributed by atoms with Crippen LogP contribution in [0.15, 0.2) is 12.1 Å². The van der Waals surface area contributed by atoms with Gasteiger partial charge in [0.1, 0.15) is 5.69 Å². The number of hydrogen-bond donors (Lipinski definition) is 1. The van der Waals surface area contributed by atoms with Crippen LogP contribution in [0.3, 0.4) is 0 Å². The van der Waals surface area contributed by atoms with E-state index in [9.17, 15) is 10.1 Å². The van der Waals surface area contributed by atoms with Crippen molar-refractivity contribution in [2.45, 2.75) is 32.7 Å². The zero-order chi connectivity index (χ0) is 12.3. The number of nitro groups is 1. The molecular formula is C11H17N3O2. The summed E-state index contributed by atoms with van der Waals surface area (Å²) in [4.78, 5) is 14.8. The molecule has 5 nitrogen and oxygen atoms in total. The van der Waals surface area contributed by atoms with Crippen molar-refractivity contribution < 1.29 is 4.92 Å². The molecule has 0 aromatic carbocycles. The SMILES string of the molecule is CNC(C)C(C)c1nc(C)ccc1[N+](=O)[O-]. The first-order valence-corrected chi connectivity index (χ1v) is 5.26. The second-order valence-corrected chi connectivity index (χ2v) is 3.98. The summed E-state index contributed by atoms with van der Waals surface area (Å²) in [7, 11) is 1.84. The number of rotatable bonds is 4. The van der Waals surface area contributed by atoms with Gasteiger partial charge in [-0.2, -0.15) is 0 Å². The van der Waals surface area contributed by atoms with Gasteiger partial charge in [0, 0.05) is 23.7 Å². The molecule has 0 amide bonds. The number of nitrogens with zero attached hydrogens (tertiary/aromatic N) is 2. The fraction of sp³-hybridized carbons (Fsp3) is 0.545. The highest BCUT2D eigenvalue weighted by molar-refractivity contribution is 5.38. The molecule has 0 aliphatic carbocycles. The summed E-state index contributed by atoms with van der Waals surface area (Å²) in [5.74, 6) is 0.00491. The maximum Gasteiger partial charge on any atom is 0.291 e. The Bertz CT molecular complexity index is 393. The van der Waals surface area contributed by atoms with Crippen LogP contribution < -0.4 is 5.32 Å². The predicted molar refractivity (Wildman–Crippen MR) is 62.6 cm³/mol. The van der Waals surface area contributed by atoms with Gasteiger partial charge >= 0.3 is 0 Å². The summed E-state index contributed by atoms with van der Waals surface area (Å²) >= 11 is 0. The van der Waals surface area contributed by atoms with Crippen molar-refractivity contribution in [3.05, 3.63) is 33.6 Å². The first-order chi connectivity index (χ1) is 7.47. The summed E-state index contributed by atoms with van der Waals surface area (Å²) < 4.78 is 0. The number of pyridine rings is 1. The molecule has 5 heteroatoms. The van der Waals surface area contributed by atoms with E-state index in [0.717, 1.165) is 5.69 Å². The third-order valence-electron chi connectivity index (χ3n) is 2.87. The Morgan fingerprint density at radius 1 is 1.44 bits per heavy atom. The molecule has 0 saturated heterocycles. The number of nitrogens with one attached hydrogen (secondary N) is 1. The van der Waals surface area contributed by atoms with Gasteiger partial charge in [-0.3, -0.25) is 15.1 Å². The highest BCUT2D eigenvalue weighted by Gasteiger charge is 2.24. The van der Waals surface area contributed by atoms with Gasteiger partial charge in [0.2, 0.25) is 0 Å². The minimum absolute atomic E-state index is 0.00491. The topological polar surface area (TPSA) is 68.1 Å². The van der Waals surface area contributed by atoms with E-state index in [2.05, 4.69) is 10.3 Å². The summed E-state index contributed by atoms with van der Waals surface area (Å²) in [5.41, 5.74) is 1.45. The predicted octanol–water partition coefficient (Wildman–Crippen LogP) is 2.01. The smallest absolute Gasteiger partial charge is 0.291 e. The number of hydrogen-bond acceptors (Lipinski definition) is 4. The Kier molecular flexibility index (Phi) is 3.95. The van der Waals surface area contributed by atoms with E-state index in [1.807, 2.05) is 27.8 Å². The van der Waals surface area contributed by atoms with Gasteiger partial charge in [-0.05, 0) is 27.0 Å². The van der Waals surface area contributed by atoms with Crippen LogP contribution in [0.2, 0.25) is 0 Å². The Hall–Kier alpha value is -1.49. The van der Waals surface area contributed by atoms with Crippen molar-refractivity contribution in [1.82, 2.24) is 10.3 Å². The van der Waals surface area contributed by atoms with Crippen LogP contribution in [-0.2, 0) is 0 Å². The number of likely N-dealkylation sites (N-methyl/N-ethyl adjacent to an activating group) is 1. The van der Waals surface area contributed by atoms with E-state index in [-0.39, 0.29) is 22.6 Å². The van der Waals surface area contributed by atoms with E-state index in [1.54, 1.807) is 6.07 Å². The van der Waals surface area contributed by atoms with Gasteiger partial charge in [0.25, 0.3) is 5.69 Å². The van der Waals surface area contributed by atoms with Crippen molar-refractivity contribution in [2.24, 2.45) is 0 Å². The van der Waals surface area contributed by atoms with Crippen molar-refractivity contribution in [3.8, 4) is 0 Å². The molecule has 0 aliphatic rings. The van der Waals surface area contributed by atoms with Crippen molar-refractivity contribution in [3.63, 3.8) is 0 Å². The summed E-state index contributed by atoms with van der Waals surface area (Å²) in [6.07, 6.45) is 0. The number of aromatic nitrogens is 1. The second kappa shape index (κ2) is 5.03. The average molecular weight is 223 g/mol. The van der Waals surface area contributed by atoms with E-state index < -0.39 is 0 Å². The lowest BCUT2D eigenvalue weighted by molar-refractivity contribution is -0.386. The van der Waals surface area contributed by atoms with E-state index in [0.29, 0.717) is 5.69 Å². The number of aryl methyl sites for hydroxylation is 1. The van der Waals surface area contributed by atoms with Crippen LogP contribution in [-0.4, -0.2) is 23.0 Å². The molecule has 0 bridgehead atoms. The molecule has 1 aromatic rings. The molecule has 0 radical (unpaired) electrons. The van der Waals surface area contributed by atoms with Crippen LogP contribution in [0.5, 0.6) is 0 Å². The first kappa shape index (κ1) is 12.6. The van der Waals surface area contributed by atoms with E-state index in [4.69, 9.17) is 0 Å². The standard InChI is InChI=1S/C11H17N3O2/c1-7-5-6-10(14(15)16)11(13-7)8(2)9(3)12-4/h5-6,8-9,12H,1-4H3. The highest BCUT2D eigenvalue weighted by Crippen LogP contribution is 2.26. The van der Waals surface area contributed by atoms with Gasteiger partial charge in [0.05, 0.1) is 4.92 Å². The maximum absolute atomic E-state index is 10.9. The van der Waals surface area contributed by atoms with Crippen LogP contribution in [0.25, 0.3) is 0 Å². The average Bonchev–Trinajstić information content (AvgIpc) is 2.26. The minimum atomic E-state index is -0.374. The molecule has 1 rings (SSSR count). The van der Waals surface area contributed by atoms with E-state index in [1.165, 1.54) is 6.07 Å². The maximum atomic E-state index is 10.9. The summed E-state index contributed by atoms with van der Waals surface area (Å²) in [6, 6.07) is 3.34. The zero-order valence-electron chi connectivity index (χ0n) is 10.0. The van der Waals surface area contributed by atoms with Crippen molar-refractivity contribution in [2.75, 3.05) is 7.05 Å². The van der Waals surface area contributed by atoms with E-state index >= 15 is 0 Å². The Labute approximate surface area is 95.0 Å². The lowest BCUT2D eigenvalue weighted by Gasteiger charge is -2.18. The Morgan fingerprint density at radius 3 is 2.56 bits per heavy atom. The first-order valence-electron chi connectivity index (χ1n) is 5.26. The van der Waals surface area contributed by atoms with Crippen LogP contribution in [0.4, 0.5) is 5.69 Å². The lowest BCUT2D eigenvalue weighted by Crippen LogP contribution is -2.28.